The predicted octanol–water partition coefficient (Wildman–Crippen LogP) is 3.58. The Balaban J connectivity index is 1.37. The SMILES string of the molecule is O=[N+]([O-])c1cn2c(n1)OC[C@@H](OCc1cccc(C#Cc3ccc(C(F)(F)F)nc3)c1)C2. The molecule has 1 atom stereocenters. The highest BCUT2D eigenvalue weighted by Gasteiger charge is 2.32. The summed E-state index contributed by atoms with van der Waals surface area (Å²) in [7, 11) is 0. The number of alkyl halides is 3. The van der Waals surface area contributed by atoms with Gasteiger partial charge in [-0.25, -0.2) is 0 Å². The van der Waals surface area contributed by atoms with E-state index in [1.807, 2.05) is 12.1 Å². The molecule has 3 heterocycles. The second-order valence-corrected chi connectivity index (χ2v) is 6.92. The van der Waals surface area contributed by atoms with Gasteiger partial charge in [0.2, 0.25) is 0 Å². The third-order valence-electron chi connectivity index (χ3n) is 4.53. The van der Waals surface area contributed by atoms with Crippen LogP contribution in [0.1, 0.15) is 22.4 Å². The van der Waals surface area contributed by atoms with Gasteiger partial charge >= 0.3 is 18.0 Å². The Labute approximate surface area is 179 Å². The highest BCUT2D eigenvalue weighted by molar-refractivity contribution is 5.43. The number of imidazole rings is 1. The monoisotopic (exact) mass is 444 g/mol. The molecule has 0 spiro atoms. The first-order valence-corrected chi connectivity index (χ1v) is 9.38. The number of hydrogen-bond donors (Lipinski definition) is 0. The van der Waals surface area contributed by atoms with Gasteiger partial charge in [-0.05, 0) is 34.8 Å². The molecule has 0 saturated heterocycles. The standard InChI is InChI=1S/C21H15F3N4O4/c22-21(23,24)18-7-6-15(9-25-18)5-4-14-2-1-3-16(8-14)12-31-17-10-27-11-19(28(29)30)26-20(27)32-13-17/h1-3,6-9,11,17H,10,12-13H2/t17-/m0/s1. The molecule has 11 heteroatoms. The lowest BCUT2D eigenvalue weighted by molar-refractivity contribution is -0.389. The van der Waals surface area contributed by atoms with Crippen LogP contribution in [0.15, 0.2) is 48.8 Å². The van der Waals surface area contributed by atoms with Gasteiger partial charge in [0.15, 0.2) is 0 Å². The molecule has 1 aromatic carbocycles. The molecule has 32 heavy (non-hydrogen) atoms. The van der Waals surface area contributed by atoms with Crippen LogP contribution in [0.25, 0.3) is 0 Å². The lowest BCUT2D eigenvalue weighted by Crippen LogP contribution is -2.32. The van der Waals surface area contributed by atoms with E-state index in [1.54, 1.807) is 12.1 Å². The van der Waals surface area contributed by atoms with Crippen molar-refractivity contribution in [3.05, 3.63) is 81.3 Å². The van der Waals surface area contributed by atoms with Gasteiger partial charge in [0.25, 0.3) is 0 Å². The largest absolute Gasteiger partial charge is 0.443 e. The Morgan fingerprint density at radius 3 is 2.78 bits per heavy atom. The third kappa shape index (κ3) is 5.04. The fourth-order valence-corrected chi connectivity index (χ4v) is 2.99. The molecule has 0 N–H and O–H groups in total. The molecule has 0 aliphatic carbocycles. The minimum atomic E-state index is -4.49. The maximum Gasteiger partial charge on any atom is 0.433 e. The Morgan fingerprint density at radius 1 is 1.25 bits per heavy atom. The first kappa shape index (κ1) is 21.3. The predicted molar refractivity (Wildman–Crippen MR) is 105 cm³/mol. The van der Waals surface area contributed by atoms with Crippen molar-refractivity contribution in [3.63, 3.8) is 0 Å². The summed E-state index contributed by atoms with van der Waals surface area (Å²) < 4.78 is 50.5. The van der Waals surface area contributed by atoms with Gasteiger partial charge in [-0.1, -0.05) is 24.0 Å². The van der Waals surface area contributed by atoms with E-state index >= 15 is 0 Å². The molecule has 2 aromatic heterocycles. The summed E-state index contributed by atoms with van der Waals surface area (Å²) in [5.41, 5.74) is 0.902. The molecule has 0 radical (unpaired) electrons. The van der Waals surface area contributed by atoms with Gasteiger partial charge in [0, 0.05) is 22.3 Å². The molecule has 164 valence electrons. The van der Waals surface area contributed by atoms with Gasteiger partial charge in [-0.15, -0.1) is 0 Å². The molecule has 0 amide bonds. The molecule has 4 rings (SSSR count). The number of halogens is 3. The lowest BCUT2D eigenvalue weighted by Gasteiger charge is -2.22. The van der Waals surface area contributed by atoms with E-state index < -0.39 is 16.8 Å². The van der Waals surface area contributed by atoms with Crippen molar-refractivity contribution in [3.8, 4) is 17.9 Å². The second-order valence-electron chi connectivity index (χ2n) is 6.92. The molecule has 0 bridgehead atoms. The zero-order valence-electron chi connectivity index (χ0n) is 16.4. The summed E-state index contributed by atoms with van der Waals surface area (Å²) in [5.74, 6) is 5.40. The number of rotatable bonds is 4. The third-order valence-corrected chi connectivity index (χ3v) is 4.53. The normalized spacial score (nSPS) is 15.3. The van der Waals surface area contributed by atoms with Crippen LogP contribution < -0.4 is 4.74 Å². The molecule has 3 aromatic rings. The minimum absolute atomic E-state index is 0.187. The van der Waals surface area contributed by atoms with Crippen molar-refractivity contribution in [1.29, 1.82) is 0 Å². The highest BCUT2D eigenvalue weighted by atomic mass is 19.4. The number of nitro groups is 1. The molecule has 0 fully saturated rings. The first-order chi connectivity index (χ1) is 15.3. The molecular formula is C21H15F3N4O4. The zero-order valence-corrected chi connectivity index (χ0v) is 16.4. The number of ether oxygens (including phenoxy) is 2. The van der Waals surface area contributed by atoms with Crippen molar-refractivity contribution in [1.82, 2.24) is 14.5 Å². The molecule has 0 unspecified atom stereocenters. The second kappa shape index (κ2) is 8.68. The Morgan fingerprint density at radius 2 is 2.06 bits per heavy atom. The van der Waals surface area contributed by atoms with Crippen molar-refractivity contribution >= 4 is 5.82 Å². The quantitative estimate of drug-likeness (QED) is 0.347. The summed E-state index contributed by atoms with van der Waals surface area (Å²) in [6, 6.07) is 9.57. The van der Waals surface area contributed by atoms with E-state index in [4.69, 9.17) is 9.47 Å². The van der Waals surface area contributed by atoms with Crippen molar-refractivity contribution in [2.24, 2.45) is 0 Å². The number of benzene rings is 1. The van der Waals surface area contributed by atoms with Crippen molar-refractivity contribution in [2.75, 3.05) is 6.61 Å². The van der Waals surface area contributed by atoms with Crippen LogP contribution in [0.3, 0.4) is 0 Å². The van der Waals surface area contributed by atoms with E-state index in [0.717, 1.165) is 17.8 Å². The van der Waals surface area contributed by atoms with E-state index in [-0.39, 0.29) is 31.1 Å². The number of hydrogen-bond acceptors (Lipinski definition) is 6. The number of nitrogens with zero attached hydrogens (tertiary/aromatic N) is 4. The van der Waals surface area contributed by atoms with Crippen LogP contribution in [-0.2, 0) is 24.1 Å². The highest BCUT2D eigenvalue weighted by Crippen LogP contribution is 2.27. The van der Waals surface area contributed by atoms with Crippen molar-refractivity contribution in [2.45, 2.75) is 25.4 Å². The Kier molecular flexibility index (Phi) is 5.79. The zero-order chi connectivity index (χ0) is 22.7. The van der Waals surface area contributed by atoms with Gasteiger partial charge in [-0.2, -0.15) is 13.2 Å². The van der Waals surface area contributed by atoms with Gasteiger partial charge in [0.05, 0.1) is 13.2 Å². The molecular weight excluding hydrogens is 429 g/mol. The fourth-order valence-electron chi connectivity index (χ4n) is 2.99. The fraction of sp³-hybridized carbons (Fsp3) is 0.238. The van der Waals surface area contributed by atoms with Crippen LogP contribution in [0.4, 0.5) is 19.0 Å². The van der Waals surface area contributed by atoms with Crippen LogP contribution in [0.2, 0.25) is 0 Å². The molecule has 8 nitrogen and oxygen atoms in total. The summed E-state index contributed by atoms with van der Waals surface area (Å²) >= 11 is 0. The summed E-state index contributed by atoms with van der Waals surface area (Å²) in [6.45, 7) is 0.850. The van der Waals surface area contributed by atoms with Crippen LogP contribution in [-0.4, -0.2) is 32.2 Å². The van der Waals surface area contributed by atoms with Gasteiger partial charge < -0.3 is 19.6 Å². The molecule has 1 aliphatic heterocycles. The first-order valence-electron chi connectivity index (χ1n) is 9.38. The minimum Gasteiger partial charge on any atom is -0.443 e. The molecule has 0 saturated carbocycles. The average Bonchev–Trinajstić information content (AvgIpc) is 3.20. The molecule has 1 aliphatic rings. The van der Waals surface area contributed by atoms with Gasteiger partial charge in [0.1, 0.15) is 24.6 Å². The van der Waals surface area contributed by atoms with Crippen LogP contribution in [0.5, 0.6) is 6.01 Å². The Hall–Kier alpha value is -3.91. The van der Waals surface area contributed by atoms with Crippen LogP contribution >= 0.6 is 0 Å². The number of pyridine rings is 1. The van der Waals surface area contributed by atoms with E-state index in [9.17, 15) is 23.3 Å². The maximum absolute atomic E-state index is 12.6. The summed E-state index contributed by atoms with van der Waals surface area (Å²) in [4.78, 5) is 17.4. The Bertz CT molecular complexity index is 1200. The lowest BCUT2D eigenvalue weighted by atomic mass is 10.1. The smallest absolute Gasteiger partial charge is 0.433 e. The van der Waals surface area contributed by atoms with Gasteiger partial charge in [-0.3, -0.25) is 9.55 Å². The van der Waals surface area contributed by atoms with E-state index in [2.05, 4.69) is 21.8 Å². The topological polar surface area (TPSA) is 92.3 Å². The van der Waals surface area contributed by atoms with E-state index in [0.29, 0.717) is 17.7 Å². The average molecular weight is 444 g/mol. The summed E-state index contributed by atoms with van der Waals surface area (Å²) in [5, 5.41) is 10.8. The van der Waals surface area contributed by atoms with Crippen LogP contribution in [0, 0.1) is 22.0 Å². The van der Waals surface area contributed by atoms with E-state index in [1.165, 1.54) is 16.8 Å². The summed E-state index contributed by atoms with van der Waals surface area (Å²) in [6.07, 6.45) is -2.42. The van der Waals surface area contributed by atoms with Crippen molar-refractivity contribution < 1.29 is 27.6 Å². The maximum atomic E-state index is 12.6. The number of fused-ring (bicyclic) bond motifs is 1. The number of aromatic nitrogens is 3.